The van der Waals surface area contributed by atoms with Gasteiger partial charge in [-0.1, -0.05) is 35.0 Å². The van der Waals surface area contributed by atoms with Gasteiger partial charge < -0.3 is 10.2 Å². The van der Waals surface area contributed by atoms with Crippen molar-refractivity contribution in [2.24, 2.45) is 5.16 Å². The molecule has 7 heteroatoms. The van der Waals surface area contributed by atoms with Gasteiger partial charge in [0.2, 0.25) is 6.10 Å². The number of nitrogens with zero attached hydrogens (tertiary/aromatic N) is 2. The minimum absolute atomic E-state index is 0.286. The molecule has 0 unspecified atom stereocenters. The van der Waals surface area contributed by atoms with E-state index in [0.29, 0.717) is 27.7 Å². The fraction of sp³-hybridized carbons (Fsp3) is 0.316. The normalized spacial score (nSPS) is 18.5. The number of carbonyl (C=O) groups excluding carboxylic acids is 1. The molecule has 2 aromatic rings. The van der Waals surface area contributed by atoms with Crippen molar-refractivity contribution in [1.29, 1.82) is 5.26 Å². The Labute approximate surface area is 160 Å². The Morgan fingerprint density at radius 2 is 2.15 bits per heavy atom. The molecule has 2 aliphatic rings. The molecule has 0 radical (unpaired) electrons. The van der Waals surface area contributed by atoms with Crippen molar-refractivity contribution < 1.29 is 9.63 Å². The summed E-state index contributed by atoms with van der Waals surface area (Å²) in [6, 6.07) is 9.59. The van der Waals surface area contributed by atoms with E-state index in [1.165, 1.54) is 16.2 Å². The van der Waals surface area contributed by atoms with Gasteiger partial charge in [0.05, 0.1) is 11.3 Å². The summed E-state index contributed by atoms with van der Waals surface area (Å²) in [5.74, 6) is -0.286. The number of fused-ring (bicyclic) bond motifs is 1. The van der Waals surface area contributed by atoms with E-state index in [4.69, 9.17) is 16.4 Å². The number of rotatable bonds is 3. The molecule has 1 N–H and O–H groups in total. The number of halogens is 1. The van der Waals surface area contributed by atoms with Crippen LogP contribution in [0.2, 0.25) is 5.02 Å². The van der Waals surface area contributed by atoms with Crippen molar-refractivity contribution in [1.82, 2.24) is 0 Å². The van der Waals surface area contributed by atoms with E-state index in [1.807, 2.05) is 18.2 Å². The monoisotopic (exact) mass is 385 g/mol. The molecule has 26 heavy (non-hydrogen) atoms. The summed E-state index contributed by atoms with van der Waals surface area (Å²) >= 11 is 7.69. The third-order valence-electron chi connectivity index (χ3n) is 4.67. The minimum Gasteiger partial charge on any atom is -0.382 e. The highest BCUT2D eigenvalue weighted by Gasteiger charge is 2.31. The first-order valence-corrected chi connectivity index (χ1v) is 9.70. The van der Waals surface area contributed by atoms with Gasteiger partial charge in [0.15, 0.2) is 0 Å². The molecular formula is C19H16ClN3O2S. The number of carbonyl (C=O) groups is 1. The van der Waals surface area contributed by atoms with Crippen molar-refractivity contribution in [2.75, 3.05) is 5.32 Å². The molecule has 4 rings (SSSR count). The number of benzene rings is 1. The SMILES string of the molecule is N#Cc1c(NC(=O)[C@H]2CC(c3ccccc3Cl)=NO2)sc2c1CCCC2. The molecule has 0 bridgehead atoms. The van der Waals surface area contributed by atoms with E-state index in [0.717, 1.165) is 36.8 Å². The predicted molar refractivity (Wildman–Crippen MR) is 102 cm³/mol. The number of nitrogens with one attached hydrogen (secondary N) is 1. The second kappa shape index (κ2) is 7.10. The van der Waals surface area contributed by atoms with E-state index in [9.17, 15) is 10.1 Å². The molecule has 1 aliphatic heterocycles. The van der Waals surface area contributed by atoms with Crippen LogP contribution in [0.4, 0.5) is 5.00 Å². The van der Waals surface area contributed by atoms with Crippen molar-refractivity contribution in [2.45, 2.75) is 38.2 Å². The van der Waals surface area contributed by atoms with Crippen LogP contribution >= 0.6 is 22.9 Å². The number of oxime groups is 1. The lowest BCUT2D eigenvalue weighted by atomic mass is 9.96. The van der Waals surface area contributed by atoms with Crippen LogP contribution in [0.25, 0.3) is 0 Å². The Morgan fingerprint density at radius 1 is 1.35 bits per heavy atom. The van der Waals surface area contributed by atoms with Crippen molar-refractivity contribution in [3.05, 3.63) is 50.9 Å². The number of hydrogen-bond donors (Lipinski definition) is 1. The molecule has 1 amide bonds. The molecule has 1 aromatic heterocycles. The van der Waals surface area contributed by atoms with Gasteiger partial charge in [-0.25, -0.2) is 0 Å². The van der Waals surface area contributed by atoms with Gasteiger partial charge in [-0.15, -0.1) is 11.3 Å². The van der Waals surface area contributed by atoms with Crippen LogP contribution in [0.5, 0.6) is 0 Å². The van der Waals surface area contributed by atoms with Gasteiger partial charge in [0, 0.05) is 21.9 Å². The average Bonchev–Trinajstić information content (AvgIpc) is 3.26. The first-order chi connectivity index (χ1) is 12.7. The number of amides is 1. The molecule has 0 fully saturated rings. The van der Waals surface area contributed by atoms with Gasteiger partial charge in [-0.2, -0.15) is 5.26 Å². The number of anilines is 1. The second-order valence-corrected chi connectivity index (χ2v) is 7.84. The zero-order valence-electron chi connectivity index (χ0n) is 13.9. The van der Waals surface area contributed by atoms with Crippen molar-refractivity contribution >= 4 is 39.6 Å². The van der Waals surface area contributed by atoms with Crippen molar-refractivity contribution in [3.63, 3.8) is 0 Å². The summed E-state index contributed by atoms with van der Waals surface area (Å²) < 4.78 is 0. The molecule has 1 aromatic carbocycles. The minimum atomic E-state index is -0.716. The molecule has 0 saturated heterocycles. The molecule has 132 valence electrons. The van der Waals surface area contributed by atoms with Crippen LogP contribution in [-0.4, -0.2) is 17.7 Å². The largest absolute Gasteiger partial charge is 0.382 e. The molecule has 0 saturated carbocycles. The summed E-state index contributed by atoms with van der Waals surface area (Å²) in [5, 5.41) is 17.6. The highest BCUT2D eigenvalue weighted by molar-refractivity contribution is 7.16. The summed E-state index contributed by atoms with van der Waals surface area (Å²) in [4.78, 5) is 19.1. The lowest BCUT2D eigenvalue weighted by molar-refractivity contribution is -0.125. The van der Waals surface area contributed by atoms with Crippen LogP contribution in [0.3, 0.4) is 0 Å². The van der Waals surface area contributed by atoms with Gasteiger partial charge >= 0.3 is 0 Å². The zero-order valence-corrected chi connectivity index (χ0v) is 15.5. The third kappa shape index (κ3) is 3.09. The maximum Gasteiger partial charge on any atom is 0.269 e. The summed E-state index contributed by atoms with van der Waals surface area (Å²) in [6.07, 6.45) is 3.74. The van der Waals surface area contributed by atoms with Crippen LogP contribution < -0.4 is 5.32 Å². The highest BCUT2D eigenvalue weighted by atomic mass is 35.5. The van der Waals surface area contributed by atoms with Gasteiger partial charge in [-0.3, -0.25) is 4.79 Å². The van der Waals surface area contributed by atoms with Crippen LogP contribution in [-0.2, 0) is 22.5 Å². The predicted octanol–water partition coefficient (Wildman–Crippen LogP) is 4.28. The molecule has 2 heterocycles. The number of nitriles is 1. The number of aryl methyl sites for hydroxylation is 1. The third-order valence-corrected chi connectivity index (χ3v) is 6.20. The van der Waals surface area contributed by atoms with Gasteiger partial charge in [0.1, 0.15) is 11.1 Å². The molecule has 1 aliphatic carbocycles. The van der Waals surface area contributed by atoms with Gasteiger partial charge in [-0.05, 0) is 37.3 Å². The summed E-state index contributed by atoms with van der Waals surface area (Å²) in [6.45, 7) is 0. The average molecular weight is 386 g/mol. The fourth-order valence-electron chi connectivity index (χ4n) is 3.34. The van der Waals surface area contributed by atoms with E-state index >= 15 is 0 Å². The highest BCUT2D eigenvalue weighted by Crippen LogP contribution is 2.38. The fourth-order valence-corrected chi connectivity index (χ4v) is 4.82. The van der Waals surface area contributed by atoms with E-state index in [1.54, 1.807) is 6.07 Å². The van der Waals surface area contributed by atoms with Crippen LogP contribution in [0.15, 0.2) is 29.4 Å². The maximum absolute atomic E-state index is 12.6. The Kier molecular flexibility index (Phi) is 4.66. The summed E-state index contributed by atoms with van der Waals surface area (Å²) in [5.41, 5.74) is 3.12. The van der Waals surface area contributed by atoms with Gasteiger partial charge in [0.25, 0.3) is 5.91 Å². The molecule has 1 atom stereocenters. The van der Waals surface area contributed by atoms with E-state index in [-0.39, 0.29) is 5.91 Å². The molecule has 5 nitrogen and oxygen atoms in total. The number of hydrogen-bond acceptors (Lipinski definition) is 5. The van der Waals surface area contributed by atoms with Crippen molar-refractivity contribution in [3.8, 4) is 6.07 Å². The van der Waals surface area contributed by atoms with E-state index in [2.05, 4.69) is 16.5 Å². The lowest BCUT2D eigenvalue weighted by Gasteiger charge is -2.10. The Bertz CT molecular complexity index is 945. The lowest BCUT2D eigenvalue weighted by Crippen LogP contribution is -2.28. The number of thiophene rings is 1. The Morgan fingerprint density at radius 3 is 2.96 bits per heavy atom. The topological polar surface area (TPSA) is 74.5 Å². The Balaban J connectivity index is 1.48. The summed E-state index contributed by atoms with van der Waals surface area (Å²) in [7, 11) is 0. The molecule has 0 spiro atoms. The first kappa shape index (κ1) is 17.1. The van der Waals surface area contributed by atoms with E-state index < -0.39 is 6.10 Å². The van der Waals surface area contributed by atoms with Crippen LogP contribution in [0, 0.1) is 11.3 Å². The Hall–Kier alpha value is -2.36. The standard InChI is InChI=1S/C19H16ClN3O2S/c20-14-7-3-1-6-12(14)15-9-16(25-23-15)18(24)22-19-13(10-21)11-5-2-4-8-17(11)26-19/h1,3,6-7,16H,2,4-5,8-9H2,(H,22,24)/t16-/m1/s1. The quantitative estimate of drug-likeness (QED) is 0.856. The zero-order chi connectivity index (χ0) is 18.1. The second-order valence-electron chi connectivity index (χ2n) is 6.33. The smallest absolute Gasteiger partial charge is 0.269 e. The maximum atomic E-state index is 12.6. The molecular weight excluding hydrogens is 370 g/mol. The first-order valence-electron chi connectivity index (χ1n) is 8.50. The van der Waals surface area contributed by atoms with Crippen LogP contribution in [0.1, 0.15) is 40.8 Å².